The Balaban J connectivity index is 1.61. The van der Waals surface area contributed by atoms with Gasteiger partial charge in [0.15, 0.2) is 0 Å². The number of rotatable bonds is 8. The molecule has 0 aliphatic heterocycles. The Bertz CT molecular complexity index is 532. The van der Waals surface area contributed by atoms with Crippen LogP contribution < -0.4 is 10.6 Å². The predicted octanol–water partition coefficient (Wildman–Crippen LogP) is 1.21. The fraction of sp³-hybridized carbons (Fsp3) is 0.500. The quantitative estimate of drug-likeness (QED) is 0.756. The number of carbonyl (C=O) groups excluding carboxylic acids is 2. The third-order valence-electron chi connectivity index (χ3n) is 3.39. The third-order valence-corrected chi connectivity index (χ3v) is 3.63. The van der Waals surface area contributed by atoms with Gasteiger partial charge in [-0.2, -0.15) is 0 Å². The van der Waals surface area contributed by atoms with Crippen LogP contribution in [0.3, 0.4) is 0 Å². The van der Waals surface area contributed by atoms with Crippen LogP contribution >= 0.6 is 11.6 Å². The van der Waals surface area contributed by atoms with E-state index in [-0.39, 0.29) is 24.9 Å². The molecule has 1 aliphatic rings. The summed E-state index contributed by atoms with van der Waals surface area (Å²) in [5, 5.41) is 6.45. The minimum Gasteiger partial charge on any atom is -0.355 e. The Morgan fingerprint density at radius 1 is 1.27 bits per heavy atom. The van der Waals surface area contributed by atoms with Crippen molar-refractivity contribution in [3.63, 3.8) is 0 Å². The molecule has 0 aromatic heterocycles. The Kier molecular flexibility index (Phi) is 6.21. The van der Waals surface area contributed by atoms with Crippen LogP contribution in [-0.2, 0) is 16.0 Å². The van der Waals surface area contributed by atoms with Gasteiger partial charge in [-0.15, -0.1) is 0 Å². The summed E-state index contributed by atoms with van der Waals surface area (Å²) in [6.45, 7) is 1.02. The Morgan fingerprint density at radius 3 is 2.68 bits per heavy atom. The molecule has 6 heteroatoms. The number of likely N-dealkylation sites (N-methyl/N-ethyl adjacent to an activating group) is 1. The van der Waals surface area contributed by atoms with Gasteiger partial charge >= 0.3 is 0 Å². The van der Waals surface area contributed by atoms with E-state index in [1.807, 2.05) is 24.3 Å². The molecule has 0 saturated heterocycles. The van der Waals surface area contributed by atoms with E-state index in [1.165, 1.54) is 0 Å². The van der Waals surface area contributed by atoms with E-state index in [4.69, 9.17) is 11.6 Å². The maximum atomic E-state index is 11.8. The summed E-state index contributed by atoms with van der Waals surface area (Å²) >= 11 is 5.91. The monoisotopic (exact) mass is 323 g/mol. The third kappa shape index (κ3) is 6.45. The second kappa shape index (κ2) is 8.15. The molecule has 0 heterocycles. The van der Waals surface area contributed by atoms with Gasteiger partial charge in [-0.1, -0.05) is 23.7 Å². The first-order chi connectivity index (χ1) is 10.5. The van der Waals surface area contributed by atoms with Gasteiger partial charge in [0.1, 0.15) is 0 Å². The highest BCUT2D eigenvalue weighted by molar-refractivity contribution is 6.30. The summed E-state index contributed by atoms with van der Waals surface area (Å²) in [7, 11) is 1.77. The molecule has 0 bridgehead atoms. The van der Waals surface area contributed by atoms with Crippen LogP contribution in [0.25, 0.3) is 0 Å². The van der Waals surface area contributed by atoms with E-state index >= 15 is 0 Å². The molecule has 1 aliphatic carbocycles. The number of nitrogens with one attached hydrogen (secondary N) is 2. The first-order valence-electron chi connectivity index (χ1n) is 7.52. The standard InChI is InChI=1S/C16H22ClN3O2/c1-20(11-16(22)19-14-5-6-14)10-15(21)18-8-7-12-3-2-4-13(17)9-12/h2-4,9,14H,5-8,10-11H2,1H3,(H,18,21)(H,19,22). The summed E-state index contributed by atoms with van der Waals surface area (Å²) in [6.07, 6.45) is 2.87. The lowest BCUT2D eigenvalue weighted by Crippen LogP contribution is -2.41. The minimum absolute atomic E-state index is 0.0169. The highest BCUT2D eigenvalue weighted by Crippen LogP contribution is 2.18. The molecule has 5 nitrogen and oxygen atoms in total. The average Bonchev–Trinajstić information content (AvgIpc) is 3.22. The van der Waals surface area contributed by atoms with Crippen molar-refractivity contribution in [1.82, 2.24) is 15.5 Å². The predicted molar refractivity (Wildman–Crippen MR) is 86.8 cm³/mol. The zero-order chi connectivity index (χ0) is 15.9. The number of carbonyl (C=O) groups is 2. The van der Waals surface area contributed by atoms with Gasteiger partial charge in [0.25, 0.3) is 0 Å². The second-order valence-electron chi connectivity index (χ2n) is 5.74. The van der Waals surface area contributed by atoms with Crippen LogP contribution in [0.4, 0.5) is 0 Å². The average molecular weight is 324 g/mol. The Morgan fingerprint density at radius 2 is 2.00 bits per heavy atom. The molecule has 2 N–H and O–H groups in total. The van der Waals surface area contributed by atoms with Crippen molar-refractivity contribution < 1.29 is 9.59 Å². The number of hydrogen-bond acceptors (Lipinski definition) is 3. The van der Waals surface area contributed by atoms with Crippen molar-refractivity contribution in [3.05, 3.63) is 34.9 Å². The number of amides is 2. The molecular weight excluding hydrogens is 302 g/mol. The highest BCUT2D eigenvalue weighted by atomic mass is 35.5. The molecule has 1 aromatic rings. The van der Waals surface area contributed by atoms with Crippen LogP contribution in [-0.4, -0.2) is 49.4 Å². The number of nitrogens with zero attached hydrogens (tertiary/aromatic N) is 1. The first-order valence-corrected chi connectivity index (χ1v) is 7.90. The lowest BCUT2D eigenvalue weighted by molar-refractivity contribution is -0.124. The van der Waals surface area contributed by atoms with E-state index in [2.05, 4.69) is 10.6 Å². The smallest absolute Gasteiger partial charge is 0.234 e. The summed E-state index contributed by atoms with van der Waals surface area (Å²) in [5.41, 5.74) is 1.09. The van der Waals surface area contributed by atoms with E-state index in [9.17, 15) is 9.59 Å². The topological polar surface area (TPSA) is 61.4 Å². The summed E-state index contributed by atoms with van der Waals surface area (Å²) in [4.78, 5) is 25.2. The minimum atomic E-state index is -0.0799. The number of hydrogen-bond donors (Lipinski definition) is 2. The Labute approximate surface area is 136 Å². The SMILES string of the molecule is CN(CC(=O)NCCc1cccc(Cl)c1)CC(=O)NC1CC1. The fourth-order valence-electron chi connectivity index (χ4n) is 2.14. The van der Waals surface area contributed by atoms with Crippen molar-refractivity contribution in [3.8, 4) is 0 Å². The lowest BCUT2D eigenvalue weighted by Gasteiger charge is -2.15. The van der Waals surface area contributed by atoms with Crippen molar-refractivity contribution >= 4 is 23.4 Å². The molecule has 1 saturated carbocycles. The van der Waals surface area contributed by atoms with Gasteiger partial charge in [0.2, 0.25) is 11.8 Å². The van der Waals surface area contributed by atoms with E-state index in [0.29, 0.717) is 17.6 Å². The fourth-order valence-corrected chi connectivity index (χ4v) is 2.35. The van der Waals surface area contributed by atoms with Crippen molar-refractivity contribution in [1.29, 1.82) is 0 Å². The maximum Gasteiger partial charge on any atom is 0.234 e. The van der Waals surface area contributed by atoms with Gasteiger partial charge in [-0.25, -0.2) is 0 Å². The molecule has 0 spiro atoms. The molecule has 2 rings (SSSR count). The van der Waals surface area contributed by atoms with Crippen LogP contribution in [0.15, 0.2) is 24.3 Å². The molecule has 1 fully saturated rings. The molecule has 120 valence electrons. The molecule has 0 radical (unpaired) electrons. The molecule has 1 aromatic carbocycles. The lowest BCUT2D eigenvalue weighted by atomic mass is 10.1. The largest absolute Gasteiger partial charge is 0.355 e. The van der Waals surface area contributed by atoms with Crippen molar-refractivity contribution in [2.24, 2.45) is 0 Å². The van der Waals surface area contributed by atoms with Gasteiger partial charge in [0, 0.05) is 17.6 Å². The van der Waals surface area contributed by atoms with Gasteiger partial charge < -0.3 is 10.6 Å². The molecular formula is C16H22ClN3O2. The second-order valence-corrected chi connectivity index (χ2v) is 6.18. The summed E-state index contributed by atoms with van der Waals surface area (Å²) in [5.74, 6) is -0.0968. The van der Waals surface area contributed by atoms with Crippen LogP contribution in [0.1, 0.15) is 18.4 Å². The van der Waals surface area contributed by atoms with E-state index in [1.54, 1.807) is 11.9 Å². The first kappa shape index (κ1) is 16.8. The van der Waals surface area contributed by atoms with Crippen molar-refractivity contribution in [2.45, 2.75) is 25.3 Å². The maximum absolute atomic E-state index is 11.8. The Hall–Kier alpha value is -1.59. The normalized spacial score (nSPS) is 14.0. The zero-order valence-electron chi connectivity index (χ0n) is 12.8. The van der Waals surface area contributed by atoms with E-state index < -0.39 is 0 Å². The number of halogens is 1. The number of benzene rings is 1. The van der Waals surface area contributed by atoms with Gasteiger partial charge in [-0.05, 0) is 44.0 Å². The zero-order valence-corrected chi connectivity index (χ0v) is 13.5. The highest BCUT2D eigenvalue weighted by Gasteiger charge is 2.23. The summed E-state index contributed by atoms with van der Waals surface area (Å²) in [6, 6.07) is 7.94. The van der Waals surface area contributed by atoms with Crippen LogP contribution in [0, 0.1) is 0 Å². The molecule has 0 unspecified atom stereocenters. The van der Waals surface area contributed by atoms with Gasteiger partial charge in [-0.3, -0.25) is 14.5 Å². The molecule has 2 amide bonds. The summed E-state index contributed by atoms with van der Waals surface area (Å²) < 4.78 is 0. The van der Waals surface area contributed by atoms with Crippen molar-refractivity contribution in [2.75, 3.05) is 26.7 Å². The molecule has 22 heavy (non-hydrogen) atoms. The molecule has 0 atom stereocenters. The van der Waals surface area contributed by atoms with E-state index in [0.717, 1.165) is 24.8 Å². The van der Waals surface area contributed by atoms with Gasteiger partial charge in [0.05, 0.1) is 13.1 Å². The van der Waals surface area contributed by atoms with Crippen LogP contribution in [0.2, 0.25) is 5.02 Å². The van der Waals surface area contributed by atoms with Crippen LogP contribution in [0.5, 0.6) is 0 Å².